The van der Waals surface area contributed by atoms with Gasteiger partial charge in [0.25, 0.3) is 5.91 Å². The third-order valence-corrected chi connectivity index (χ3v) is 2.96. The molecule has 1 aromatic heterocycles. The molecule has 0 fully saturated rings. The van der Waals surface area contributed by atoms with Gasteiger partial charge >= 0.3 is 0 Å². The molecule has 0 aliphatic heterocycles. The van der Waals surface area contributed by atoms with Crippen LogP contribution in [0.25, 0.3) is 11.0 Å². The minimum atomic E-state index is -0.396. The smallest absolute Gasteiger partial charge is 0.255 e. The lowest BCUT2D eigenvalue weighted by atomic mass is 10.2. The van der Waals surface area contributed by atoms with E-state index >= 15 is 0 Å². The van der Waals surface area contributed by atoms with Crippen LogP contribution >= 0.6 is 0 Å². The highest BCUT2D eigenvalue weighted by Crippen LogP contribution is 2.15. The quantitative estimate of drug-likeness (QED) is 0.777. The fraction of sp³-hybridized carbons (Fsp3) is 0.0714. The van der Waals surface area contributed by atoms with Gasteiger partial charge in [-0.2, -0.15) is 0 Å². The number of halogens is 1. The molecule has 2 aromatic carbocycles. The third kappa shape index (κ3) is 2.23. The molecule has 0 spiro atoms. The molecule has 100 valence electrons. The zero-order valence-electron chi connectivity index (χ0n) is 10.7. The molecule has 0 atom stereocenters. The fourth-order valence-corrected chi connectivity index (χ4v) is 1.95. The highest BCUT2D eigenvalue weighted by molar-refractivity contribution is 6.05. The summed E-state index contributed by atoms with van der Waals surface area (Å²) in [6.45, 7) is 0. The Balaban J connectivity index is 1.88. The van der Waals surface area contributed by atoms with Crippen molar-refractivity contribution >= 4 is 22.6 Å². The molecule has 0 saturated carbocycles. The maximum atomic E-state index is 13.1. The average Bonchev–Trinajstić information content (AvgIpc) is 2.80. The molecule has 0 bridgehead atoms. The molecule has 20 heavy (non-hydrogen) atoms. The summed E-state index contributed by atoms with van der Waals surface area (Å²) < 4.78 is 14.7. The second kappa shape index (κ2) is 4.73. The number of rotatable bonds is 2. The third-order valence-electron chi connectivity index (χ3n) is 2.96. The number of hydrogen-bond donors (Lipinski definition) is 1. The summed E-state index contributed by atoms with van der Waals surface area (Å²) in [4.78, 5) is 12.1. The highest BCUT2D eigenvalue weighted by atomic mass is 19.1. The van der Waals surface area contributed by atoms with Gasteiger partial charge < -0.3 is 5.32 Å². The maximum Gasteiger partial charge on any atom is 0.255 e. The Kier molecular flexibility index (Phi) is 2.90. The largest absolute Gasteiger partial charge is 0.322 e. The molecule has 3 rings (SSSR count). The minimum Gasteiger partial charge on any atom is -0.322 e. The molecule has 0 aliphatic rings. The summed E-state index contributed by atoms with van der Waals surface area (Å²) in [5.41, 5.74) is 2.34. The van der Waals surface area contributed by atoms with Crippen LogP contribution in [-0.2, 0) is 7.05 Å². The predicted octanol–water partition coefficient (Wildman–Crippen LogP) is 2.36. The zero-order chi connectivity index (χ0) is 14.1. The van der Waals surface area contributed by atoms with Crippen molar-refractivity contribution in [3.8, 4) is 0 Å². The van der Waals surface area contributed by atoms with E-state index < -0.39 is 5.82 Å². The Morgan fingerprint density at radius 1 is 1.25 bits per heavy atom. The van der Waals surface area contributed by atoms with Crippen molar-refractivity contribution in [1.29, 1.82) is 0 Å². The monoisotopic (exact) mass is 270 g/mol. The van der Waals surface area contributed by atoms with Crippen LogP contribution in [-0.4, -0.2) is 20.9 Å². The molecule has 0 saturated heterocycles. The van der Waals surface area contributed by atoms with E-state index in [1.807, 2.05) is 0 Å². The van der Waals surface area contributed by atoms with Crippen LogP contribution in [0.1, 0.15) is 10.4 Å². The van der Waals surface area contributed by atoms with Gasteiger partial charge in [-0.15, -0.1) is 5.10 Å². The molecule has 5 nitrogen and oxygen atoms in total. The number of benzene rings is 2. The number of nitrogens with zero attached hydrogens (tertiary/aromatic N) is 3. The van der Waals surface area contributed by atoms with Gasteiger partial charge in [0.15, 0.2) is 0 Å². The van der Waals surface area contributed by atoms with Crippen LogP contribution < -0.4 is 5.32 Å². The Labute approximate surface area is 114 Å². The van der Waals surface area contributed by atoms with Crippen LogP contribution in [0.3, 0.4) is 0 Å². The number of hydrogen-bond acceptors (Lipinski definition) is 3. The Bertz CT molecular complexity index is 797. The van der Waals surface area contributed by atoms with Crippen LogP contribution in [0.15, 0.2) is 42.5 Å². The molecule has 0 aliphatic carbocycles. The lowest BCUT2D eigenvalue weighted by Gasteiger charge is -2.05. The molecule has 0 unspecified atom stereocenters. The van der Waals surface area contributed by atoms with E-state index in [2.05, 4.69) is 15.6 Å². The minimum absolute atomic E-state index is 0.317. The summed E-state index contributed by atoms with van der Waals surface area (Å²) in [5.74, 6) is -0.713. The topological polar surface area (TPSA) is 59.8 Å². The van der Waals surface area contributed by atoms with E-state index in [0.717, 1.165) is 5.52 Å². The van der Waals surface area contributed by atoms with Crippen molar-refractivity contribution in [2.24, 2.45) is 7.05 Å². The Hall–Kier alpha value is -2.76. The van der Waals surface area contributed by atoms with E-state index in [1.54, 1.807) is 36.0 Å². The van der Waals surface area contributed by atoms with Crippen molar-refractivity contribution in [1.82, 2.24) is 15.0 Å². The number of anilines is 1. The number of carbonyl (C=O) groups is 1. The predicted molar refractivity (Wildman–Crippen MR) is 72.9 cm³/mol. The van der Waals surface area contributed by atoms with E-state index in [1.165, 1.54) is 18.2 Å². The molecular weight excluding hydrogens is 259 g/mol. The summed E-state index contributed by atoms with van der Waals surface area (Å²) in [5, 5.41) is 10.5. The molecule has 1 N–H and O–H groups in total. The summed E-state index contributed by atoms with van der Waals surface area (Å²) >= 11 is 0. The van der Waals surface area contributed by atoms with Crippen LogP contribution in [0.5, 0.6) is 0 Å². The molecule has 3 aromatic rings. The number of aryl methyl sites for hydroxylation is 1. The van der Waals surface area contributed by atoms with Gasteiger partial charge in [0, 0.05) is 18.3 Å². The summed E-state index contributed by atoms with van der Waals surface area (Å²) in [6.07, 6.45) is 0. The van der Waals surface area contributed by atoms with Crippen LogP contribution in [0.2, 0.25) is 0 Å². The first-order valence-corrected chi connectivity index (χ1v) is 6.00. The van der Waals surface area contributed by atoms with Gasteiger partial charge in [0.2, 0.25) is 0 Å². The van der Waals surface area contributed by atoms with Gasteiger partial charge in [-0.25, -0.2) is 9.07 Å². The van der Waals surface area contributed by atoms with Crippen molar-refractivity contribution in [2.45, 2.75) is 0 Å². The molecule has 6 heteroatoms. The number of fused-ring (bicyclic) bond motifs is 1. The summed E-state index contributed by atoms with van der Waals surface area (Å²) in [6, 6.07) is 10.9. The standard InChI is InChI=1S/C14H11FN4O/c1-19-13-6-5-9(7-12(13)17-18-19)14(20)16-11-4-2-3-10(15)8-11/h2-8H,1H3,(H,16,20). The number of amides is 1. The normalized spacial score (nSPS) is 10.7. The van der Waals surface area contributed by atoms with Gasteiger partial charge in [-0.05, 0) is 36.4 Å². The molecule has 0 radical (unpaired) electrons. The second-order valence-electron chi connectivity index (χ2n) is 4.38. The van der Waals surface area contributed by atoms with Gasteiger partial charge in [0.05, 0.1) is 5.52 Å². The van der Waals surface area contributed by atoms with E-state index in [9.17, 15) is 9.18 Å². The first-order chi connectivity index (χ1) is 9.63. The molecule has 1 amide bonds. The van der Waals surface area contributed by atoms with E-state index in [4.69, 9.17) is 0 Å². The van der Waals surface area contributed by atoms with Gasteiger partial charge in [0.1, 0.15) is 11.3 Å². The number of nitrogens with one attached hydrogen (secondary N) is 1. The second-order valence-corrected chi connectivity index (χ2v) is 4.38. The number of aromatic nitrogens is 3. The summed E-state index contributed by atoms with van der Waals surface area (Å²) in [7, 11) is 1.78. The average molecular weight is 270 g/mol. The van der Waals surface area contributed by atoms with Gasteiger partial charge in [-0.3, -0.25) is 4.79 Å². The van der Waals surface area contributed by atoms with Crippen molar-refractivity contribution in [3.63, 3.8) is 0 Å². The van der Waals surface area contributed by atoms with Crippen molar-refractivity contribution in [2.75, 3.05) is 5.32 Å². The lowest BCUT2D eigenvalue weighted by molar-refractivity contribution is 0.102. The maximum absolute atomic E-state index is 13.1. The van der Waals surface area contributed by atoms with Crippen molar-refractivity contribution < 1.29 is 9.18 Å². The first kappa shape index (κ1) is 12.3. The van der Waals surface area contributed by atoms with Crippen molar-refractivity contribution in [3.05, 3.63) is 53.8 Å². The first-order valence-electron chi connectivity index (χ1n) is 6.00. The van der Waals surface area contributed by atoms with Crippen LogP contribution in [0, 0.1) is 5.82 Å². The van der Waals surface area contributed by atoms with Gasteiger partial charge in [-0.1, -0.05) is 11.3 Å². The fourth-order valence-electron chi connectivity index (χ4n) is 1.95. The van der Waals surface area contributed by atoms with Crippen LogP contribution in [0.4, 0.5) is 10.1 Å². The highest BCUT2D eigenvalue weighted by Gasteiger charge is 2.09. The molecular formula is C14H11FN4O. The lowest BCUT2D eigenvalue weighted by Crippen LogP contribution is -2.11. The Morgan fingerprint density at radius 3 is 2.90 bits per heavy atom. The Morgan fingerprint density at radius 2 is 2.10 bits per heavy atom. The SMILES string of the molecule is Cn1nnc2cc(C(=O)Nc3cccc(F)c3)ccc21. The number of carbonyl (C=O) groups excluding carboxylic acids is 1. The van der Waals surface area contributed by atoms with E-state index in [-0.39, 0.29) is 5.91 Å². The zero-order valence-corrected chi connectivity index (χ0v) is 10.7. The van der Waals surface area contributed by atoms with E-state index in [0.29, 0.717) is 16.8 Å². The molecule has 1 heterocycles.